The number of nitrogens with one attached hydrogen (secondary N) is 4. The van der Waals surface area contributed by atoms with Gasteiger partial charge >= 0.3 is 25.4 Å². The number of pyridine rings is 2. The lowest BCUT2D eigenvalue weighted by Crippen LogP contribution is -2.41. The normalized spacial score (nSPS) is 18.5. The van der Waals surface area contributed by atoms with Gasteiger partial charge in [0.05, 0.1) is 24.4 Å². The summed E-state index contributed by atoms with van der Waals surface area (Å²) in [5.74, 6) is 1.35. The molecule has 0 spiro atoms. The van der Waals surface area contributed by atoms with Gasteiger partial charge in [-0.1, -0.05) is 54.2 Å². The van der Waals surface area contributed by atoms with Crippen LogP contribution in [0.5, 0.6) is 0 Å². The molecular weight excluding hydrogens is 1140 g/mol. The number of hydrogen-bond donors (Lipinski definition) is 6. The van der Waals surface area contributed by atoms with Crippen LogP contribution in [0.2, 0.25) is 10.3 Å². The second-order valence-electron chi connectivity index (χ2n) is 19.5. The molecule has 23 heteroatoms. The number of halogens is 6. The van der Waals surface area contributed by atoms with E-state index in [1.54, 1.807) is 24.3 Å². The summed E-state index contributed by atoms with van der Waals surface area (Å²) in [6.07, 6.45) is -2.52. The molecule has 2 aromatic heterocycles. The number of carbonyl (C=O) groups excluding carboxylic acids is 2. The zero-order valence-corrected chi connectivity index (χ0v) is 48.5. The highest BCUT2D eigenvalue weighted by atomic mass is 127. The lowest BCUT2D eigenvalue weighted by Gasteiger charge is -2.32. The van der Waals surface area contributed by atoms with E-state index in [1.165, 1.54) is 4.90 Å². The van der Waals surface area contributed by atoms with E-state index in [9.17, 15) is 27.9 Å². The van der Waals surface area contributed by atoms with Gasteiger partial charge in [0.1, 0.15) is 21.9 Å². The summed E-state index contributed by atoms with van der Waals surface area (Å²) >= 11 is 14.1. The summed E-state index contributed by atoms with van der Waals surface area (Å²) in [4.78, 5) is 36.8. The minimum atomic E-state index is -4.20. The van der Waals surface area contributed by atoms with Crippen LogP contribution >= 0.6 is 72.8 Å². The standard InChI is InChI=1S/C22H29ClN4O2.C20H28BF3N2O3.C8H10ClIN2O.2H2S/c1-4-16-7-8-27(12-16)22(29)25-18-6-5-14(2)19(11-18)17-9-20(23)26-21(10-17)24-15(3)13-28;1-13-6-7-15(10-16(13)21-28-18(2,3)19(4,5)29-21)25-17(27)26-9-8-14(12-26)11-20(22,23)24;1-5(4-13)11-8-3-6(10)2-7(9)12-8;;/h5-6,9-11,15-16,28H,4,7-8,12-13H2,1-3H3,(H,24,26)(H,25,29);6-7,10,14H,8-9,11-12H2,1-5H3,(H,25,27);2-3,5,13H,4H2,1H3,(H,11,12);2*1H2/t15-,16+;14-;5-;;/m000../s1. The van der Waals surface area contributed by atoms with Crippen LogP contribution in [0.1, 0.15) is 85.3 Å². The van der Waals surface area contributed by atoms with E-state index >= 15 is 0 Å². The van der Waals surface area contributed by atoms with Crippen molar-refractivity contribution in [3.05, 3.63) is 85.7 Å². The smallest absolute Gasteiger partial charge is 0.399 e. The molecule has 0 unspecified atom stereocenters. The van der Waals surface area contributed by atoms with E-state index < -0.39 is 42.9 Å². The lowest BCUT2D eigenvalue weighted by atomic mass is 9.76. The molecule has 73 heavy (non-hydrogen) atoms. The molecule has 4 aromatic rings. The first kappa shape index (κ1) is 63.9. The SMILES string of the molecule is CC[C@@H]1CCN(C(=O)Nc2ccc(C)c(-c3cc(Cl)nc(N[C@@H](C)CO)c3)c2)C1.C[C@@H](CO)Nc1cc(I)cc(Cl)n1.Cc1ccc(NC(=O)N2CC[C@@H](CC(F)(F)F)C2)cc1B1OC(C)(C)C(C)(C)O1.S.S. The van der Waals surface area contributed by atoms with Crippen LogP contribution in [0.4, 0.5) is 45.8 Å². The zero-order chi connectivity index (χ0) is 52.4. The maximum Gasteiger partial charge on any atom is 0.495 e. The summed E-state index contributed by atoms with van der Waals surface area (Å²) in [5.41, 5.74) is 5.08. The van der Waals surface area contributed by atoms with Crippen molar-refractivity contribution in [3.8, 4) is 11.1 Å². The van der Waals surface area contributed by atoms with Crippen LogP contribution < -0.4 is 26.7 Å². The molecule has 7 rings (SSSR count). The average Bonchev–Trinajstić information content (AvgIpc) is 4.01. The highest BCUT2D eigenvalue weighted by molar-refractivity contribution is 14.1. The third-order valence-electron chi connectivity index (χ3n) is 13.0. The number of carbonyl (C=O) groups is 2. The third-order valence-corrected chi connectivity index (χ3v) is 14.0. The summed E-state index contributed by atoms with van der Waals surface area (Å²) in [5, 5.41) is 30.9. The molecule has 4 atom stereocenters. The first-order valence-corrected chi connectivity index (χ1v) is 25.6. The Morgan fingerprint density at radius 3 is 1.75 bits per heavy atom. The van der Waals surface area contributed by atoms with E-state index in [1.807, 2.05) is 96.7 Å². The fraction of sp³-hybridized carbons (Fsp3) is 0.520. The Labute approximate surface area is 466 Å². The molecule has 3 aliphatic rings. The monoisotopic (exact) mass is 1210 g/mol. The van der Waals surface area contributed by atoms with Gasteiger partial charge in [0, 0.05) is 59.6 Å². The van der Waals surface area contributed by atoms with E-state index in [2.05, 4.69) is 60.7 Å². The molecule has 5 heterocycles. The molecule has 14 nitrogen and oxygen atoms in total. The predicted octanol–water partition coefficient (Wildman–Crippen LogP) is 11.2. The van der Waals surface area contributed by atoms with E-state index in [-0.39, 0.29) is 64.9 Å². The van der Waals surface area contributed by atoms with Crippen molar-refractivity contribution >= 4 is 120 Å². The van der Waals surface area contributed by atoms with Crippen molar-refractivity contribution in [3.63, 3.8) is 0 Å². The van der Waals surface area contributed by atoms with Crippen molar-refractivity contribution in [1.82, 2.24) is 19.8 Å². The van der Waals surface area contributed by atoms with Gasteiger partial charge in [0.15, 0.2) is 0 Å². The van der Waals surface area contributed by atoms with Crippen LogP contribution in [0.25, 0.3) is 11.1 Å². The number of likely N-dealkylation sites (tertiary alicyclic amines) is 2. The van der Waals surface area contributed by atoms with Crippen LogP contribution in [-0.2, 0) is 9.31 Å². The van der Waals surface area contributed by atoms with Gasteiger partial charge in [-0.2, -0.15) is 40.2 Å². The number of amides is 4. The topological polar surface area (TPSA) is 173 Å². The minimum Gasteiger partial charge on any atom is -0.399 e. The maximum absolute atomic E-state index is 12.6. The quantitative estimate of drug-likeness (QED) is 0.0455. The van der Waals surface area contributed by atoms with Crippen LogP contribution in [0.15, 0.2) is 60.7 Å². The van der Waals surface area contributed by atoms with Crippen LogP contribution in [-0.4, -0.2) is 118 Å². The van der Waals surface area contributed by atoms with Gasteiger partial charge < -0.3 is 50.6 Å². The predicted molar refractivity (Wildman–Crippen MR) is 308 cm³/mol. The number of aromatic nitrogens is 2. The minimum absolute atomic E-state index is 0. The molecule has 404 valence electrons. The Kier molecular flexibility index (Phi) is 24.6. The number of rotatable bonds is 12. The molecule has 4 amide bonds. The zero-order valence-electron chi connectivity index (χ0n) is 42.8. The maximum atomic E-state index is 12.6. The molecule has 0 bridgehead atoms. The third kappa shape index (κ3) is 19.0. The van der Waals surface area contributed by atoms with Crippen molar-refractivity contribution in [2.24, 2.45) is 11.8 Å². The average molecular weight is 1210 g/mol. The first-order valence-electron chi connectivity index (χ1n) is 23.8. The highest BCUT2D eigenvalue weighted by Crippen LogP contribution is 2.37. The largest absolute Gasteiger partial charge is 0.495 e. The summed E-state index contributed by atoms with van der Waals surface area (Å²) in [7, 11) is -0.556. The number of aryl methyl sites for hydroxylation is 2. The number of nitrogens with zero attached hydrogens (tertiary/aromatic N) is 4. The van der Waals surface area contributed by atoms with Gasteiger partial charge in [-0.05, 0) is 173 Å². The number of aliphatic hydroxyl groups is 2. The van der Waals surface area contributed by atoms with Gasteiger partial charge in [-0.3, -0.25) is 0 Å². The fourth-order valence-electron chi connectivity index (χ4n) is 8.08. The highest BCUT2D eigenvalue weighted by Gasteiger charge is 2.52. The first-order chi connectivity index (χ1) is 33.3. The Bertz CT molecular complexity index is 2440. The second-order valence-corrected chi connectivity index (χ2v) is 21.5. The van der Waals surface area contributed by atoms with Gasteiger partial charge in [-0.25, -0.2) is 19.6 Å². The summed E-state index contributed by atoms with van der Waals surface area (Å²) in [6, 6.07) is 18.1. The molecule has 2 aromatic carbocycles. The molecule has 3 saturated heterocycles. The number of urea groups is 2. The van der Waals surface area contributed by atoms with Crippen molar-refractivity contribution < 1.29 is 42.3 Å². The Balaban J connectivity index is 0.000000305. The van der Waals surface area contributed by atoms with E-state index in [0.29, 0.717) is 46.5 Å². The molecule has 0 aliphatic carbocycles. The van der Waals surface area contributed by atoms with Crippen LogP contribution in [0.3, 0.4) is 0 Å². The number of hydrogen-bond acceptors (Lipinski definition) is 10. The van der Waals surface area contributed by atoms with Crippen molar-refractivity contribution in [2.45, 2.75) is 117 Å². The summed E-state index contributed by atoms with van der Waals surface area (Å²) in [6.45, 7) is 19.9. The molecule has 0 saturated carbocycles. The second kappa shape index (κ2) is 28.1. The lowest BCUT2D eigenvalue weighted by molar-refractivity contribution is -0.143. The van der Waals surface area contributed by atoms with Gasteiger partial charge in [0.2, 0.25) is 0 Å². The van der Waals surface area contributed by atoms with Gasteiger partial charge in [-0.15, -0.1) is 0 Å². The van der Waals surface area contributed by atoms with Gasteiger partial charge in [0.25, 0.3) is 0 Å². The Morgan fingerprint density at radius 1 is 0.781 bits per heavy atom. The van der Waals surface area contributed by atoms with E-state index in [4.69, 9.17) is 37.6 Å². The summed E-state index contributed by atoms with van der Waals surface area (Å²) < 4.78 is 51.0. The molecule has 3 aliphatic heterocycles. The number of aliphatic hydroxyl groups excluding tert-OH is 2. The van der Waals surface area contributed by atoms with Crippen LogP contribution in [0, 0.1) is 29.3 Å². The fourth-order valence-corrected chi connectivity index (χ4v) is 9.27. The number of alkyl halides is 3. The molecule has 3 fully saturated rings. The molecule has 0 radical (unpaired) electrons. The number of benzene rings is 2. The molecular formula is C50H71BCl2F3IN8O6S2. The Hall–Kier alpha value is -3.42. The number of anilines is 4. The Morgan fingerprint density at radius 2 is 1.26 bits per heavy atom. The molecule has 6 N–H and O–H groups in total. The van der Waals surface area contributed by atoms with E-state index in [0.717, 1.165) is 62.9 Å². The van der Waals surface area contributed by atoms with Crippen molar-refractivity contribution in [1.29, 1.82) is 0 Å². The van der Waals surface area contributed by atoms with Crippen molar-refractivity contribution in [2.75, 3.05) is 60.7 Å².